The summed E-state index contributed by atoms with van der Waals surface area (Å²) in [5.74, 6) is 0.591. The Hall–Kier alpha value is -0.810. The van der Waals surface area contributed by atoms with Crippen molar-refractivity contribution in [2.45, 2.75) is 26.8 Å². The van der Waals surface area contributed by atoms with E-state index in [0.29, 0.717) is 18.4 Å². The summed E-state index contributed by atoms with van der Waals surface area (Å²) in [6.07, 6.45) is 0. The number of rotatable bonds is 4. The van der Waals surface area contributed by atoms with Gasteiger partial charge in [-0.1, -0.05) is 0 Å². The second kappa shape index (κ2) is 4.61. The molecule has 0 saturated carbocycles. The lowest BCUT2D eigenvalue weighted by molar-refractivity contribution is 0.299. The van der Waals surface area contributed by atoms with Gasteiger partial charge in [0.15, 0.2) is 0 Å². The van der Waals surface area contributed by atoms with Gasteiger partial charge in [-0.25, -0.2) is 0 Å². The van der Waals surface area contributed by atoms with Gasteiger partial charge in [-0.3, -0.25) is 0 Å². The predicted octanol–water partition coefficient (Wildman–Crippen LogP) is 1.24. The highest BCUT2D eigenvalue weighted by molar-refractivity contribution is 7.10. The van der Waals surface area contributed by atoms with Crippen LogP contribution in [-0.4, -0.2) is 28.7 Å². The van der Waals surface area contributed by atoms with Crippen LogP contribution in [0.5, 0.6) is 0 Å². The SMILES string of the molecule is Cc1c(N)nsc1N(CCO)C(C)C. The van der Waals surface area contributed by atoms with E-state index in [9.17, 15) is 0 Å². The molecule has 0 aromatic carbocycles. The van der Waals surface area contributed by atoms with Gasteiger partial charge in [-0.2, -0.15) is 4.37 Å². The number of hydrogen-bond acceptors (Lipinski definition) is 5. The van der Waals surface area contributed by atoms with Crippen LogP contribution in [0, 0.1) is 6.92 Å². The number of aliphatic hydroxyl groups excluding tert-OH is 1. The van der Waals surface area contributed by atoms with E-state index in [2.05, 4.69) is 23.1 Å². The van der Waals surface area contributed by atoms with E-state index in [1.807, 2.05) is 6.92 Å². The van der Waals surface area contributed by atoms with E-state index in [1.165, 1.54) is 11.5 Å². The first kappa shape index (κ1) is 11.3. The highest BCUT2D eigenvalue weighted by Crippen LogP contribution is 2.30. The van der Waals surface area contributed by atoms with Crippen molar-refractivity contribution in [2.24, 2.45) is 0 Å². The van der Waals surface area contributed by atoms with Crippen molar-refractivity contribution in [3.63, 3.8) is 0 Å². The predicted molar refractivity (Wildman–Crippen MR) is 60.8 cm³/mol. The summed E-state index contributed by atoms with van der Waals surface area (Å²) in [5, 5.41) is 10.0. The van der Waals surface area contributed by atoms with Gasteiger partial charge in [0, 0.05) is 18.2 Å². The molecular formula is C9H17N3OS. The zero-order chi connectivity index (χ0) is 10.7. The van der Waals surface area contributed by atoms with Gasteiger partial charge >= 0.3 is 0 Å². The number of aliphatic hydroxyl groups is 1. The van der Waals surface area contributed by atoms with Gasteiger partial charge in [-0.05, 0) is 32.3 Å². The number of aromatic nitrogens is 1. The Morgan fingerprint density at radius 3 is 2.57 bits per heavy atom. The van der Waals surface area contributed by atoms with E-state index >= 15 is 0 Å². The van der Waals surface area contributed by atoms with Crippen LogP contribution in [0.4, 0.5) is 10.8 Å². The Morgan fingerprint density at radius 2 is 2.21 bits per heavy atom. The maximum Gasteiger partial charge on any atom is 0.142 e. The quantitative estimate of drug-likeness (QED) is 0.793. The maximum atomic E-state index is 8.96. The molecule has 4 nitrogen and oxygen atoms in total. The monoisotopic (exact) mass is 215 g/mol. The van der Waals surface area contributed by atoms with Crippen molar-refractivity contribution in [1.29, 1.82) is 0 Å². The molecule has 5 heteroatoms. The van der Waals surface area contributed by atoms with Gasteiger partial charge < -0.3 is 15.7 Å². The van der Waals surface area contributed by atoms with Crippen molar-refractivity contribution in [3.05, 3.63) is 5.56 Å². The molecule has 1 aromatic heterocycles. The Kier molecular flexibility index (Phi) is 3.71. The Balaban J connectivity index is 2.93. The van der Waals surface area contributed by atoms with Crippen LogP contribution < -0.4 is 10.6 Å². The van der Waals surface area contributed by atoms with Gasteiger partial charge in [0.1, 0.15) is 10.8 Å². The van der Waals surface area contributed by atoms with Crippen LogP contribution in [0.3, 0.4) is 0 Å². The van der Waals surface area contributed by atoms with Crippen molar-refractivity contribution in [1.82, 2.24) is 4.37 Å². The van der Waals surface area contributed by atoms with Crippen LogP contribution in [0.1, 0.15) is 19.4 Å². The summed E-state index contributed by atoms with van der Waals surface area (Å²) in [4.78, 5) is 2.11. The molecule has 1 heterocycles. The summed E-state index contributed by atoms with van der Waals surface area (Å²) in [7, 11) is 0. The Labute approximate surface area is 88.5 Å². The van der Waals surface area contributed by atoms with E-state index < -0.39 is 0 Å². The highest BCUT2D eigenvalue weighted by atomic mass is 32.1. The van der Waals surface area contributed by atoms with Crippen LogP contribution >= 0.6 is 11.5 Å². The molecule has 0 atom stereocenters. The van der Waals surface area contributed by atoms with Gasteiger partial charge in [-0.15, -0.1) is 0 Å². The molecule has 0 bridgehead atoms. The van der Waals surface area contributed by atoms with E-state index in [0.717, 1.165) is 10.6 Å². The Morgan fingerprint density at radius 1 is 1.57 bits per heavy atom. The fourth-order valence-electron chi connectivity index (χ4n) is 1.31. The molecule has 0 spiro atoms. The Bertz CT molecular complexity index is 298. The second-order valence-electron chi connectivity index (χ2n) is 3.51. The lowest BCUT2D eigenvalue weighted by atomic mass is 10.2. The number of nitrogens with two attached hydrogens (primary N) is 1. The fraction of sp³-hybridized carbons (Fsp3) is 0.667. The lowest BCUT2D eigenvalue weighted by Gasteiger charge is -2.26. The van der Waals surface area contributed by atoms with Crippen molar-refractivity contribution in [3.8, 4) is 0 Å². The smallest absolute Gasteiger partial charge is 0.142 e. The topological polar surface area (TPSA) is 62.4 Å². The highest BCUT2D eigenvalue weighted by Gasteiger charge is 2.16. The molecule has 3 N–H and O–H groups in total. The van der Waals surface area contributed by atoms with Gasteiger partial charge in [0.2, 0.25) is 0 Å². The normalized spacial score (nSPS) is 10.9. The van der Waals surface area contributed by atoms with Crippen molar-refractivity contribution >= 4 is 22.4 Å². The largest absolute Gasteiger partial charge is 0.395 e. The second-order valence-corrected chi connectivity index (χ2v) is 4.26. The standard InChI is InChI=1S/C9H17N3OS/c1-6(2)12(4-5-13)9-7(3)8(10)11-14-9/h6,13H,4-5H2,1-3H3,(H2,10,11). The average Bonchev–Trinajstić information content (AvgIpc) is 2.44. The van der Waals surface area contributed by atoms with Crippen LogP contribution in [-0.2, 0) is 0 Å². The molecule has 0 saturated heterocycles. The van der Waals surface area contributed by atoms with E-state index in [1.54, 1.807) is 0 Å². The van der Waals surface area contributed by atoms with Crippen LogP contribution in [0.15, 0.2) is 0 Å². The van der Waals surface area contributed by atoms with E-state index in [4.69, 9.17) is 10.8 Å². The molecule has 0 unspecified atom stereocenters. The lowest BCUT2D eigenvalue weighted by Crippen LogP contribution is -2.33. The first-order valence-corrected chi connectivity index (χ1v) is 5.44. The fourth-order valence-corrected chi connectivity index (χ4v) is 2.28. The summed E-state index contributed by atoms with van der Waals surface area (Å²) in [5.41, 5.74) is 6.70. The third kappa shape index (κ3) is 2.16. The molecular weight excluding hydrogens is 198 g/mol. The third-order valence-electron chi connectivity index (χ3n) is 2.16. The molecule has 0 aliphatic rings. The number of anilines is 2. The number of hydrogen-bond donors (Lipinski definition) is 2. The minimum Gasteiger partial charge on any atom is -0.395 e. The van der Waals surface area contributed by atoms with Crippen LogP contribution in [0.25, 0.3) is 0 Å². The molecule has 1 aromatic rings. The first-order chi connectivity index (χ1) is 6.57. The average molecular weight is 215 g/mol. The van der Waals surface area contributed by atoms with Crippen molar-refractivity contribution < 1.29 is 5.11 Å². The molecule has 0 aliphatic carbocycles. The van der Waals surface area contributed by atoms with Gasteiger partial charge in [0.05, 0.1) is 6.61 Å². The summed E-state index contributed by atoms with van der Waals surface area (Å²) in [6.45, 7) is 6.91. The minimum absolute atomic E-state index is 0.148. The third-order valence-corrected chi connectivity index (χ3v) is 3.16. The summed E-state index contributed by atoms with van der Waals surface area (Å²) < 4.78 is 4.10. The van der Waals surface area contributed by atoms with Crippen LogP contribution in [0.2, 0.25) is 0 Å². The van der Waals surface area contributed by atoms with E-state index in [-0.39, 0.29) is 6.61 Å². The molecule has 14 heavy (non-hydrogen) atoms. The summed E-state index contributed by atoms with van der Waals surface area (Å²) in [6, 6.07) is 0.348. The molecule has 1 rings (SSSR count). The first-order valence-electron chi connectivity index (χ1n) is 4.67. The number of nitrogen functional groups attached to an aromatic ring is 1. The maximum absolute atomic E-state index is 8.96. The van der Waals surface area contributed by atoms with Gasteiger partial charge in [0.25, 0.3) is 0 Å². The van der Waals surface area contributed by atoms with Crippen molar-refractivity contribution in [2.75, 3.05) is 23.8 Å². The number of nitrogens with zero attached hydrogens (tertiary/aromatic N) is 2. The zero-order valence-electron chi connectivity index (χ0n) is 8.82. The zero-order valence-corrected chi connectivity index (χ0v) is 9.64. The minimum atomic E-state index is 0.148. The molecule has 0 fully saturated rings. The molecule has 0 aliphatic heterocycles. The molecule has 0 radical (unpaired) electrons. The molecule has 0 amide bonds. The summed E-state index contributed by atoms with van der Waals surface area (Å²) >= 11 is 1.39. The molecule has 80 valence electrons.